The predicted molar refractivity (Wildman–Crippen MR) is 91.5 cm³/mol. The zero-order chi connectivity index (χ0) is 17.2. The van der Waals surface area contributed by atoms with Gasteiger partial charge in [-0.05, 0) is 23.3 Å². The fraction of sp³-hybridized carbons (Fsp3) is 0.211. The summed E-state index contributed by atoms with van der Waals surface area (Å²) in [6.45, 7) is 1.14. The first-order valence-electron chi connectivity index (χ1n) is 8.07. The van der Waals surface area contributed by atoms with Crippen LogP contribution < -0.4 is 4.74 Å². The summed E-state index contributed by atoms with van der Waals surface area (Å²) in [6, 6.07) is 13.4. The number of para-hydroxylation sites is 1. The van der Waals surface area contributed by atoms with E-state index in [4.69, 9.17) is 9.47 Å². The third-order valence-electron chi connectivity index (χ3n) is 4.28. The van der Waals surface area contributed by atoms with Gasteiger partial charge in [-0.15, -0.1) is 5.10 Å². The van der Waals surface area contributed by atoms with Crippen molar-refractivity contribution in [1.29, 1.82) is 0 Å². The number of fused-ring (bicyclic) bond motifs is 1. The molecule has 0 radical (unpaired) electrons. The Morgan fingerprint density at radius 3 is 3.00 bits per heavy atom. The van der Waals surface area contributed by atoms with Crippen LogP contribution in [0.4, 0.5) is 0 Å². The molecule has 0 saturated carbocycles. The molecule has 6 nitrogen and oxygen atoms in total. The second-order valence-electron chi connectivity index (χ2n) is 5.84. The van der Waals surface area contributed by atoms with Crippen molar-refractivity contribution >= 4 is 5.97 Å². The van der Waals surface area contributed by atoms with Crippen LogP contribution in [0.2, 0.25) is 0 Å². The molecule has 126 valence electrons. The molecular weight excluding hydrogens is 318 g/mol. The van der Waals surface area contributed by atoms with Gasteiger partial charge in [-0.25, -0.2) is 9.48 Å². The minimum atomic E-state index is -0.356. The summed E-state index contributed by atoms with van der Waals surface area (Å²) in [4.78, 5) is 11.9. The molecule has 0 amide bonds. The van der Waals surface area contributed by atoms with Crippen LogP contribution in [0.15, 0.2) is 48.7 Å². The SMILES string of the molecule is COC(=O)c1ccccc1Cn1cc(-c2cccc3c2OCC3)nn1. The molecule has 1 aliphatic rings. The van der Waals surface area contributed by atoms with Crippen LogP contribution in [0.5, 0.6) is 5.75 Å². The molecule has 0 atom stereocenters. The van der Waals surface area contributed by atoms with E-state index in [2.05, 4.69) is 16.4 Å². The molecular formula is C19H17N3O3. The highest BCUT2D eigenvalue weighted by Crippen LogP contribution is 2.35. The van der Waals surface area contributed by atoms with E-state index in [1.165, 1.54) is 12.7 Å². The van der Waals surface area contributed by atoms with Gasteiger partial charge in [0.25, 0.3) is 0 Å². The number of hydrogen-bond donors (Lipinski definition) is 0. The van der Waals surface area contributed by atoms with Crippen molar-refractivity contribution in [1.82, 2.24) is 15.0 Å². The zero-order valence-electron chi connectivity index (χ0n) is 13.8. The van der Waals surface area contributed by atoms with Gasteiger partial charge in [0, 0.05) is 12.0 Å². The molecule has 1 aromatic heterocycles. The number of nitrogens with zero attached hydrogens (tertiary/aromatic N) is 3. The monoisotopic (exact) mass is 335 g/mol. The summed E-state index contributed by atoms with van der Waals surface area (Å²) >= 11 is 0. The average Bonchev–Trinajstić information content (AvgIpc) is 3.30. The molecule has 0 saturated heterocycles. The van der Waals surface area contributed by atoms with Crippen molar-refractivity contribution in [2.75, 3.05) is 13.7 Å². The van der Waals surface area contributed by atoms with E-state index < -0.39 is 0 Å². The van der Waals surface area contributed by atoms with Crippen LogP contribution in [0.25, 0.3) is 11.3 Å². The van der Waals surface area contributed by atoms with E-state index in [-0.39, 0.29) is 5.97 Å². The highest BCUT2D eigenvalue weighted by Gasteiger charge is 2.19. The standard InChI is InChI=1S/C19H17N3O3/c1-24-19(23)15-7-3-2-5-14(15)11-22-12-17(20-21-22)16-8-4-6-13-9-10-25-18(13)16/h2-8,12H,9-11H2,1H3. The Labute approximate surface area is 145 Å². The first kappa shape index (κ1) is 15.4. The topological polar surface area (TPSA) is 66.2 Å². The van der Waals surface area contributed by atoms with Gasteiger partial charge in [0.15, 0.2) is 0 Å². The third kappa shape index (κ3) is 2.87. The third-order valence-corrected chi connectivity index (χ3v) is 4.28. The lowest BCUT2D eigenvalue weighted by Crippen LogP contribution is -2.09. The molecule has 0 bridgehead atoms. The zero-order valence-corrected chi connectivity index (χ0v) is 13.8. The van der Waals surface area contributed by atoms with Gasteiger partial charge in [-0.3, -0.25) is 0 Å². The Balaban J connectivity index is 1.64. The Morgan fingerprint density at radius 2 is 2.12 bits per heavy atom. The highest BCUT2D eigenvalue weighted by atomic mass is 16.5. The average molecular weight is 335 g/mol. The largest absolute Gasteiger partial charge is 0.492 e. The summed E-state index contributed by atoms with van der Waals surface area (Å²) in [7, 11) is 1.38. The maximum absolute atomic E-state index is 11.9. The van der Waals surface area contributed by atoms with Gasteiger partial charge in [0.1, 0.15) is 11.4 Å². The van der Waals surface area contributed by atoms with E-state index in [1.54, 1.807) is 10.7 Å². The molecule has 25 heavy (non-hydrogen) atoms. The van der Waals surface area contributed by atoms with Gasteiger partial charge in [0.2, 0.25) is 0 Å². The Morgan fingerprint density at radius 1 is 1.24 bits per heavy atom. The number of aromatic nitrogens is 3. The van der Waals surface area contributed by atoms with E-state index in [9.17, 15) is 4.79 Å². The van der Waals surface area contributed by atoms with Gasteiger partial charge < -0.3 is 9.47 Å². The molecule has 4 rings (SSSR count). The van der Waals surface area contributed by atoms with Crippen molar-refractivity contribution in [3.63, 3.8) is 0 Å². The molecule has 0 aliphatic carbocycles. The van der Waals surface area contributed by atoms with Crippen molar-refractivity contribution < 1.29 is 14.3 Å². The van der Waals surface area contributed by atoms with Gasteiger partial charge in [0.05, 0.1) is 32.0 Å². The molecule has 0 fully saturated rings. The summed E-state index contributed by atoms with van der Waals surface area (Å²) in [5.74, 6) is 0.537. The lowest BCUT2D eigenvalue weighted by atomic mass is 10.1. The van der Waals surface area contributed by atoms with Crippen molar-refractivity contribution in [2.24, 2.45) is 0 Å². The van der Waals surface area contributed by atoms with Crippen molar-refractivity contribution in [3.05, 3.63) is 65.4 Å². The Kier molecular flexibility index (Phi) is 3.93. The quantitative estimate of drug-likeness (QED) is 0.686. The number of ether oxygens (including phenoxy) is 2. The summed E-state index contributed by atoms with van der Waals surface area (Å²) < 4.78 is 12.3. The van der Waals surface area contributed by atoms with E-state index in [0.29, 0.717) is 18.7 Å². The fourth-order valence-electron chi connectivity index (χ4n) is 3.06. The van der Waals surface area contributed by atoms with Gasteiger partial charge >= 0.3 is 5.97 Å². The normalized spacial score (nSPS) is 12.5. The van der Waals surface area contributed by atoms with E-state index in [0.717, 1.165) is 29.0 Å². The van der Waals surface area contributed by atoms with E-state index in [1.807, 2.05) is 36.5 Å². The second kappa shape index (κ2) is 6.39. The molecule has 6 heteroatoms. The summed E-state index contributed by atoms with van der Waals surface area (Å²) in [5.41, 5.74) is 4.27. The summed E-state index contributed by atoms with van der Waals surface area (Å²) in [5, 5.41) is 8.47. The molecule has 2 heterocycles. The number of esters is 1. The van der Waals surface area contributed by atoms with Crippen molar-refractivity contribution in [2.45, 2.75) is 13.0 Å². The number of methoxy groups -OCH3 is 1. The minimum absolute atomic E-state index is 0.356. The van der Waals surface area contributed by atoms with Crippen LogP contribution in [-0.4, -0.2) is 34.7 Å². The number of carbonyl (C=O) groups excluding carboxylic acids is 1. The molecule has 2 aromatic carbocycles. The maximum atomic E-state index is 11.9. The second-order valence-corrected chi connectivity index (χ2v) is 5.84. The van der Waals surface area contributed by atoms with Gasteiger partial charge in [-0.2, -0.15) is 0 Å². The van der Waals surface area contributed by atoms with Gasteiger partial charge in [-0.1, -0.05) is 35.5 Å². The van der Waals surface area contributed by atoms with Crippen molar-refractivity contribution in [3.8, 4) is 17.0 Å². The molecule has 0 N–H and O–H groups in total. The molecule has 3 aromatic rings. The number of carbonyl (C=O) groups is 1. The lowest BCUT2D eigenvalue weighted by Gasteiger charge is -2.07. The Bertz CT molecular complexity index is 933. The molecule has 0 unspecified atom stereocenters. The maximum Gasteiger partial charge on any atom is 0.338 e. The smallest absolute Gasteiger partial charge is 0.338 e. The number of benzene rings is 2. The number of hydrogen-bond acceptors (Lipinski definition) is 5. The van der Waals surface area contributed by atoms with Crippen LogP contribution >= 0.6 is 0 Å². The van der Waals surface area contributed by atoms with Crippen LogP contribution in [-0.2, 0) is 17.7 Å². The fourth-order valence-corrected chi connectivity index (χ4v) is 3.06. The lowest BCUT2D eigenvalue weighted by molar-refractivity contribution is 0.0599. The van der Waals surface area contributed by atoms with E-state index >= 15 is 0 Å². The molecule has 0 spiro atoms. The summed E-state index contributed by atoms with van der Waals surface area (Å²) in [6.07, 6.45) is 2.79. The number of rotatable bonds is 4. The first-order chi connectivity index (χ1) is 12.3. The highest BCUT2D eigenvalue weighted by molar-refractivity contribution is 5.90. The molecule has 1 aliphatic heterocycles. The Hall–Kier alpha value is -3.15. The van der Waals surface area contributed by atoms with Crippen LogP contribution in [0.1, 0.15) is 21.5 Å². The minimum Gasteiger partial charge on any atom is -0.492 e. The first-order valence-corrected chi connectivity index (χ1v) is 8.07. The van der Waals surface area contributed by atoms with Crippen LogP contribution in [0, 0.1) is 0 Å². The predicted octanol–water partition coefficient (Wildman–Crippen LogP) is 2.71. The van der Waals surface area contributed by atoms with Crippen LogP contribution in [0.3, 0.4) is 0 Å².